The van der Waals surface area contributed by atoms with E-state index in [9.17, 15) is 0 Å². The summed E-state index contributed by atoms with van der Waals surface area (Å²) in [6.07, 6.45) is 7.09. The van der Waals surface area contributed by atoms with Gasteiger partial charge in [-0.05, 0) is 6.08 Å². The standard InChI is InChI=1S/C7H6N2O/c1-4-9-10-7-2-3-8-5-6(1)7/h1-5,9H. The molecule has 3 nitrogen and oxygen atoms in total. The second-order valence-corrected chi connectivity index (χ2v) is 1.97. The average Bonchev–Trinajstić information content (AvgIpc) is 2.05. The molecule has 1 aliphatic heterocycles. The number of hydrogen-bond donors (Lipinski definition) is 1. The van der Waals surface area contributed by atoms with Gasteiger partial charge in [0.25, 0.3) is 0 Å². The van der Waals surface area contributed by atoms with Gasteiger partial charge >= 0.3 is 0 Å². The van der Waals surface area contributed by atoms with Crippen molar-refractivity contribution in [2.45, 2.75) is 0 Å². The first-order chi connectivity index (χ1) is 4.97. The van der Waals surface area contributed by atoms with E-state index in [1.165, 1.54) is 0 Å². The van der Waals surface area contributed by atoms with Crippen LogP contribution in [0.15, 0.2) is 24.7 Å². The van der Waals surface area contributed by atoms with Crippen molar-refractivity contribution in [2.24, 2.45) is 0 Å². The fourth-order valence-electron chi connectivity index (χ4n) is 0.833. The van der Waals surface area contributed by atoms with Gasteiger partial charge in [0.1, 0.15) is 0 Å². The Bertz CT molecular complexity index is 270. The van der Waals surface area contributed by atoms with Gasteiger partial charge in [-0.25, -0.2) is 5.48 Å². The first-order valence-corrected chi connectivity index (χ1v) is 3.00. The summed E-state index contributed by atoms with van der Waals surface area (Å²) in [6, 6.07) is 1.81. The van der Waals surface area contributed by atoms with Crippen LogP contribution in [0, 0.1) is 0 Å². The molecule has 0 bridgehead atoms. The summed E-state index contributed by atoms with van der Waals surface area (Å²) in [6.45, 7) is 0. The van der Waals surface area contributed by atoms with Crippen LogP contribution in [0.4, 0.5) is 0 Å². The quantitative estimate of drug-likeness (QED) is 0.573. The molecule has 0 aliphatic carbocycles. The topological polar surface area (TPSA) is 34.1 Å². The Labute approximate surface area is 58.3 Å². The lowest BCUT2D eigenvalue weighted by Gasteiger charge is -2.10. The molecule has 1 aliphatic rings. The van der Waals surface area contributed by atoms with Crippen LogP contribution >= 0.6 is 0 Å². The van der Waals surface area contributed by atoms with E-state index in [0.717, 1.165) is 11.3 Å². The number of hydroxylamine groups is 1. The Morgan fingerprint density at radius 3 is 3.40 bits per heavy atom. The second-order valence-electron chi connectivity index (χ2n) is 1.97. The molecule has 1 aromatic rings. The Kier molecular flexibility index (Phi) is 1.07. The van der Waals surface area contributed by atoms with Gasteiger partial charge in [-0.1, -0.05) is 0 Å². The molecular weight excluding hydrogens is 128 g/mol. The third kappa shape index (κ3) is 0.719. The minimum absolute atomic E-state index is 0.817. The van der Waals surface area contributed by atoms with E-state index >= 15 is 0 Å². The molecule has 0 fully saturated rings. The van der Waals surface area contributed by atoms with Crippen molar-refractivity contribution in [2.75, 3.05) is 0 Å². The van der Waals surface area contributed by atoms with Crippen molar-refractivity contribution >= 4 is 6.08 Å². The molecule has 10 heavy (non-hydrogen) atoms. The SMILES string of the molecule is C1=Cc2cnccc2ON1. The molecular formula is C7H6N2O. The van der Waals surface area contributed by atoms with Crippen LogP contribution in [-0.2, 0) is 0 Å². The van der Waals surface area contributed by atoms with Gasteiger partial charge in [-0.2, -0.15) is 0 Å². The zero-order valence-electron chi connectivity index (χ0n) is 5.24. The largest absolute Gasteiger partial charge is 0.382 e. The summed E-state index contributed by atoms with van der Waals surface area (Å²) in [5, 5.41) is 0. The van der Waals surface area contributed by atoms with Crippen molar-refractivity contribution in [3.8, 4) is 5.75 Å². The summed E-state index contributed by atoms with van der Waals surface area (Å²) >= 11 is 0. The third-order valence-electron chi connectivity index (χ3n) is 1.31. The van der Waals surface area contributed by atoms with Gasteiger partial charge in [-0.15, -0.1) is 0 Å². The zero-order valence-corrected chi connectivity index (χ0v) is 5.24. The highest BCUT2D eigenvalue weighted by Crippen LogP contribution is 2.18. The minimum atomic E-state index is 0.817. The summed E-state index contributed by atoms with van der Waals surface area (Å²) in [5.74, 6) is 0.817. The molecule has 0 amide bonds. The van der Waals surface area contributed by atoms with E-state index in [2.05, 4.69) is 10.5 Å². The summed E-state index contributed by atoms with van der Waals surface area (Å²) in [4.78, 5) is 8.99. The molecule has 1 aromatic heterocycles. The van der Waals surface area contributed by atoms with Crippen LogP contribution in [0.25, 0.3) is 6.08 Å². The number of aromatic nitrogens is 1. The molecule has 0 saturated heterocycles. The molecule has 0 saturated carbocycles. The molecule has 0 unspecified atom stereocenters. The molecule has 2 rings (SSSR count). The maximum Gasteiger partial charge on any atom is 0.165 e. The van der Waals surface area contributed by atoms with Crippen molar-refractivity contribution < 1.29 is 4.84 Å². The normalized spacial score (nSPS) is 13.2. The number of pyridine rings is 1. The number of nitrogens with one attached hydrogen (secondary N) is 1. The predicted molar refractivity (Wildman–Crippen MR) is 37.0 cm³/mol. The number of fused-ring (bicyclic) bond motifs is 1. The van der Waals surface area contributed by atoms with Gasteiger partial charge in [-0.3, -0.25) is 4.98 Å². The Hall–Kier alpha value is -1.51. The maximum atomic E-state index is 5.05. The lowest BCUT2D eigenvalue weighted by Crippen LogP contribution is -2.14. The smallest absolute Gasteiger partial charge is 0.165 e. The van der Waals surface area contributed by atoms with E-state index in [-0.39, 0.29) is 0 Å². The molecule has 0 aromatic carbocycles. The monoisotopic (exact) mass is 134 g/mol. The second kappa shape index (κ2) is 2.02. The fraction of sp³-hybridized carbons (Fsp3) is 0. The van der Waals surface area contributed by atoms with Gasteiger partial charge in [0.05, 0.1) is 0 Å². The summed E-state index contributed by atoms with van der Waals surface area (Å²) in [7, 11) is 0. The zero-order chi connectivity index (χ0) is 6.81. The molecule has 0 spiro atoms. The van der Waals surface area contributed by atoms with Crippen molar-refractivity contribution in [1.82, 2.24) is 10.5 Å². The van der Waals surface area contributed by atoms with Crippen LogP contribution in [0.3, 0.4) is 0 Å². The van der Waals surface area contributed by atoms with E-state index in [0.29, 0.717) is 0 Å². The van der Waals surface area contributed by atoms with E-state index in [4.69, 9.17) is 4.84 Å². The molecule has 2 heterocycles. The Morgan fingerprint density at radius 2 is 2.50 bits per heavy atom. The Morgan fingerprint density at radius 1 is 1.50 bits per heavy atom. The highest BCUT2D eigenvalue weighted by Gasteiger charge is 2.02. The highest BCUT2D eigenvalue weighted by molar-refractivity contribution is 5.56. The van der Waals surface area contributed by atoms with E-state index in [1.807, 2.05) is 12.1 Å². The first-order valence-electron chi connectivity index (χ1n) is 3.00. The molecule has 3 heteroatoms. The average molecular weight is 134 g/mol. The minimum Gasteiger partial charge on any atom is -0.382 e. The molecule has 50 valence electrons. The number of hydrogen-bond acceptors (Lipinski definition) is 3. The fourth-order valence-corrected chi connectivity index (χ4v) is 0.833. The van der Waals surface area contributed by atoms with Crippen molar-refractivity contribution in [3.63, 3.8) is 0 Å². The van der Waals surface area contributed by atoms with Crippen LogP contribution in [0.1, 0.15) is 5.56 Å². The Balaban J connectivity index is 2.54. The van der Waals surface area contributed by atoms with Gasteiger partial charge in [0, 0.05) is 30.2 Å². The lowest BCUT2D eigenvalue weighted by molar-refractivity contribution is 0.239. The molecule has 1 N–H and O–H groups in total. The van der Waals surface area contributed by atoms with Crippen LogP contribution in [-0.4, -0.2) is 4.98 Å². The van der Waals surface area contributed by atoms with Crippen molar-refractivity contribution in [1.29, 1.82) is 0 Å². The number of nitrogens with zero attached hydrogens (tertiary/aromatic N) is 1. The first kappa shape index (κ1) is 5.29. The van der Waals surface area contributed by atoms with Gasteiger partial charge in [0.2, 0.25) is 0 Å². The predicted octanol–water partition coefficient (Wildman–Crippen LogP) is 0.949. The van der Waals surface area contributed by atoms with Crippen molar-refractivity contribution in [3.05, 3.63) is 30.2 Å². The lowest BCUT2D eigenvalue weighted by atomic mass is 10.2. The van der Waals surface area contributed by atoms with Gasteiger partial charge in [0.15, 0.2) is 5.75 Å². The van der Waals surface area contributed by atoms with Crippen LogP contribution < -0.4 is 10.3 Å². The summed E-state index contributed by atoms with van der Waals surface area (Å²) < 4.78 is 0. The van der Waals surface area contributed by atoms with E-state index in [1.54, 1.807) is 18.6 Å². The van der Waals surface area contributed by atoms with E-state index < -0.39 is 0 Å². The number of rotatable bonds is 0. The molecule has 0 atom stereocenters. The summed E-state index contributed by atoms with van der Waals surface area (Å²) in [5.41, 5.74) is 3.63. The van der Waals surface area contributed by atoms with Crippen LogP contribution in [0.2, 0.25) is 0 Å². The third-order valence-corrected chi connectivity index (χ3v) is 1.31. The van der Waals surface area contributed by atoms with Crippen LogP contribution in [0.5, 0.6) is 5.75 Å². The van der Waals surface area contributed by atoms with Gasteiger partial charge < -0.3 is 4.84 Å². The maximum absolute atomic E-state index is 5.05. The molecule has 0 radical (unpaired) electrons. The highest BCUT2D eigenvalue weighted by atomic mass is 16.6.